The van der Waals surface area contributed by atoms with Crippen molar-refractivity contribution in [3.63, 3.8) is 0 Å². The zero-order valence-corrected chi connectivity index (χ0v) is 12.1. The second-order valence-corrected chi connectivity index (χ2v) is 5.22. The van der Waals surface area contributed by atoms with Gasteiger partial charge in [-0.25, -0.2) is 4.39 Å². The maximum atomic E-state index is 13.9. The van der Waals surface area contributed by atoms with E-state index in [-0.39, 0.29) is 16.1 Å². The number of nitrogens with zero attached hydrogens (tertiary/aromatic N) is 1. The lowest BCUT2D eigenvalue weighted by Crippen LogP contribution is -2.20. The van der Waals surface area contributed by atoms with E-state index < -0.39 is 33.8 Å². The summed E-state index contributed by atoms with van der Waals surface area (Å²) < 4.78 is 52.3. The van der Waals surface area contributed by atoms with Gasteiger partial charge in [-0.1, -0.05) is 34.8 Å². The van der Waals surface area contributed by atoms with Crippen LogP contribution < -0.4 is 5.56 Å². The molecule has 1 heterocycles. The lowest BCUT2D eigenvalue weighted by atomic mass is 10.2. The van der Waals surface area contributed by atoms with Crippen LogP contribution in [0.15, 0.2) is 29.2 Å². The van der Waals surface area contributed by atoms with Crippen molar-refractivity contribution in [3.8, 4) is 5.69 Å². The summed E-state index contributed by atoms with van der Waals surface area (Å²) in [5, 5.41) is -0.921. The summed E-state index contributed by atoms with van der Waals surface area (Å²) in [6.45, 7) is 0. The monoisotopic (exact) mass is 359 g/mol. The van der Waals surface area contributed by atoms with E-state index in [0.717, 1.165) is 12.3 Å². The van der Waals surface area contributed by atoms with Gasteiger partial charge in [0.2, 0.25) is 0 Å². The third kappa shape index (κ3) is 3.17. The molecule has 0 atom stereocenters. The summed E-state index contributed by atoms with van der Waals surface area (Å²) in [5.74, 6) is -1.32. The molecule has 0 N–H and O–H groups in total. The fraction of sp³-hybridized carbons (Fsp3) is 0.0833. The topological polar surface area (TPSA) is 22.0 Å². The number of aromatic nitrogens is 1. The lowest BCUT2D eigenvalue weighted by molar-refractivity contribution is -0.137. The Labute approximate surface area is 130 Å². The summed E-state index contributed by atoms with van der Waals surface area (Å²) in [5.41, 5.74) is -2.68. The van der Waals surface area contributed by atoms with Crippen molar-refractivity contribution in [1.82, 2.24) is 4.57 Å². The van der Waals surface area contributed by atoms with Crippen LogP contribution in [0.1, 0.15) is 5.56 Å². The van der Waals surface area contributed by atoms with Gasteiger partial charge in [0.1, 0.15) is 16.5 Å². The molecule has 112 valence electrons. The Morgan fingerprint density at radius 3 is 2.14 bits per heavy atom. The Balaban J connectivity index is 2.75. The molecule has 1 aromatic heterocycles. The van der Waals surface area contributed by atoms with Crippen LogP contribution in [0.2, 0.25) is 15.1 Å². The Hall–Kier alpha value is -1.24. The summed E-state index contributed by atoms with van der Waals surface area (Å²) in [6.07, 6.45) is -3.76. The first-order chi connectivity index (χ1) is 9.61. The predicted octanol–water partition coefficient (Wildman–Crippen LogP) is 4.96. The summed E-state index contributed by atoms with van der Waals surface area (Å²) in [4.78, 5) is 11.8. The van der Waals surface area contributed by atoms with Crippen molar-refractivity contribution in [3.05, 3.63) is 61.2 Å². The summed E-state index contributed by atoms with van der Waals surface area (Å²) in [6, 6.07) is 1.88. The molecule has 2 nitrogen and oxygen atoms in total. The molecule has 2 rings (SSSR count). The molecule has 0 fully saturated rings. The fourth-order valence-corrected chi connectivity index (χ4v) is 2.41. The van der Waals surface area contributed by atoms with Crippen LogP contribution in [0.25, 0.3) is 5.69 Å². The second-order valence-electron chi connectivity index (χ2n) is 3.97. The second kappa shape index (κ2) is 5.51. The fourth-order valence-electron chi connectivity index (χ4n) is 1.64. The molecule has 21 heavy (non-hydrogen) atoms. The van der Waals surface area contributed by atoms with Crippen molar-refractivity contribution in [2.45, 2.75) is 6.18 Å². The van der Waals surface area contributed by atoms with Crippen LogP contribution in [-0.2, 0) is 6.18 Å². The molecule has 0 aliphatic carbocycles. The van der Waals surface area contributed by atoms with Crippen LogP contribution in [-0.4, -0.2) is 4.57 Å². The zero-order chi connectivity index (χ0) is 15.9. The first-order valence-electron chi connectivity index (χ1n) is 5.25. The average molecular weight is 361 g/mol. The van der Waals surface area contributed by atoms with Crippen molar-refractivity contribution in [1.29, 1.82) is 0 Å². The molecule has 2 aromatic rings. The smallest absolute Gasteiger partial charge is 0.277 e. The van der Waals surface area contributed by atoms with Crippen LogP contribution in [0.5, 0.6) is 0 Å². The normalized spacial score (nSPS) is 11.8. The lowest BCUT2D eigenvalue weighted by Gasteiger charge is -2.13. The van der Waals surface area contributed by atoms with E-state index in [1.807, 2.05) is 0 Å². The standard InChI is InChI=1S/C12H4Cl3F4NO/c13-6-3-8(15)11(21)20(4-6)10-7(14)1-5(2-9(10)16)12(17,18)19/h1-4H. The molecule has 0 spiro atoms. The molecule has 0 saturated carbocycles. The maximum Gasteiger partial charge on any atom is 0.416 e. The largest absolute Gasteiger partial charge is 0.416 e. The van der Waals surface area contributed by atoms with Crippen LogP contribution in [0.3, 0.4) is 0 Å². The van der Waals surface area contributed by atoms with Gasteiger partial charge in [0.15, 0.2) is 0 Å². The van der Waals surface area contributed by atoms with E-state index in [0.29, 0.717) is 10.6 Å². The van der Waals surface area contributed by atoms with Gasteiger partial charge in [-0.3, -0.25) is 9.36 Å². The highest BCUT2D eigenvalue weighted by Crippen LogP contribution is 2.34. The highest BCUT2D eigenvalue weighted by Gasteiger charge is 2.32. The van der Waals surface area contributed by atoms with E-state index >= 15 is 0 Å². The molecule has 9 heteroatoms. The Morgan fingerprint density at radius 2 is 1.62 bits per heavy atom. The van der Waals surface area contributed by atoms with Crippen molar-refractivity contribution >= 4 is 34.8 Å². The number of hydrogen-bond donors (Lipinski definition) is 0. The third-order valence-electron chi connectivity index (χ3n) is 2.53. The van der Waals surface area contributed by atoms with E-state index in [2.05, 4.69) is 0 Å². The van der Waals surface area contributed by atoms with Gasteiger partial charge in [-0.2, -0.15) is 13.2 Å². The van der Waals surface area contributed by atoms with Gasteiger partial charge < -0.3 is 0 Å². The molecule has 0 saturated heterocycles. The molecule has 0 amide bonds. The number of benzene rings is 1. The molecule has 0 unspecified atom stereocenters. The van der Waals surface area contributed by atoms with Crippen molar-refractivity contribution in [2.75, 3.05) is 0 Å². The van der Waals surface area contributed by atoms with Gasteiger partial charge in [0.25, 0.3) is 5.56 Å². The van der Waals surface area contributed by atoms with Gasteiger partial charge >= 0.3 is 6.18 Å². The minimum Gasteiger partial charge on any atom is -0.277 e. The van der Waals surface area contributed by atoms with E-state index in [1.165, 1.54) is 0 Å². The molecule has 0 radical (unpaired) electrons. The maximum absolute atomic E-state index is 13.9. The quantitative estimate of drug-likeness (QED) is 0.659. The van der Waals surface area contributed by atoms with Crippen LogP contribution in [0, 0.1) is 5.82 Å². The first kappa shape index (κ1) is 16.1. The van der Waals surface area contributed by atoms with Gasteiger partial charge in [-0.15, -0.1) is 0 Å². The number of pyridine rings is 1. The third-order valence-corrected chi connectivity index (χ3v) is 3.29. The minimum absolute atomic E-state index is 0.00466. The Kier molecular flexibility index (Phi) is 4.24. The SMILES string of the molecule is O=c1c(Cl)cc(Cl)cn1-c1c(F)cc(C(F)(F)F)cc1Cl. The van der Waals surface area contributed by atoms with Crippen LogP contribution >= 0.6 is 34.8 Å². The Bertz CT molecular complexity index is 747. The minimum atomic E-state index is -4.76. The van der Waals surface area contributed by atoms with Crippen molar-refractivity contribution < 1.29 is 17.6 Å². The molecule has 0 aliphatic heterocycles. The van der Waals surface area contributed by atoms with E-state index in [1.54, 1.807) is 0 Å². The number of rotatable bonds is 1. The average Bonchev–Trinajstić information content (AvgIpc) is 2.32. The molecule has 0 bridgehead atoms. The van der Waals surface area contributed by atoms with E-state index in [9.17, 15) is 22.4 Å². The molecule has 0 aliphatic rings. The summed E-state index contributed by atoms with van der Waals surface area (Å²) in [7, 11) is 0. The number of alkyl halides is 3. The number of halogens is 7. The first-order valence-corrected chi connectivity index (χ1v) is 6.39. The summed E-state index contributed by atoms with van der Waals surface area (Å²) >= 11 is 17.0. The van der Waals surface area contributed by atoms with Crippen LogP contribution in [0.4, 0.5) is 17.6 Å². The van der Waals surface area contributed by atoms with Gasteiger partial charge in [0.05, 0.1) is 15.6 Å². The highest BCUT2D eigenvalue weighted by molar-refractivity contribution is 6.34. The Morgan fingerprint density at radius 1 is 1.00 bits per heavy atom. The molecular formula is C12H4Cl3F4NO. The van der Waals surface area contributed by atoms with E-state index in [4.69, 9.17) is 34.8 Å². The van der Waals surface area contributed by atoms with Crippen molar-refractivity contribution in [2.24, 2.45) is 0 Å². The van der Waals surface area contributed by atoms with Gasteiger partial charge in [0, 0.05) is 6.20 Å². The predicted molar refractivity (Wildman–Crippen MR) is 72.0 cm³/mol. The molecule has 1 aromatic carbocycles. The number of hydrogen-bond acceptors (Lipinski definition) is 1. The van der Waals surface area contributed by atoms with Gasteiger partial charge in [-0.05, 0) is 18.2 Å². The zero-order valence-electron chi connectivity index (χ0n) is 9.81. The highest BCUT2D eigenvalue weighted by atomic mass is 35.5. The molecular weight excluding hydrogens is 356 g/mol.